The summed E-state index contributed by atoms with van der Waals surface area (Å²) in [6, 6.07) is 18.2. The molecule has 26 heavy (non-hydrogen) atoms. The molecule has 4 rings (SSSR count). The highest BCUT2D eigenvalue weighted by molar-refractivity contribution is 5.94. The number of amides is 1. The molecule has 0 aliphatic rings. The van der Waals surface area contributed by atoms with Gasteiger partial charge in [0, 0.05) is 6.20 Å². The molecule has 3 N–H and O–H groups in total. The number of nitrogens with one attached hydrogen (secondary N) is 3. The summed E-state index contributed by atoms with van der Waals surface area (Å²) in [7, 11) is 0. The lowest BCUT2D eigenvalue weighted by molar-refractivity contribution is 0.0941. The van der Waals surface area contributed by atoms with Crippen LogP contribution in [-0.4, -0.2) is 20.9 Å². The van der Waals surface area contributed by atoms with E-state index < -0.39 is 17.5 Å². The van der Waals surface area contributed by atoms with Crippen LogP contribution in [0.25, 0.3) is 11.0 Å². The molecule has 2 aromatic heterocycles. The first-order chi connectivity index (χ1) is 12.7. The standard InChI is InChI=1S/C20H16N4O2/c25-19-15(7-4-10-21-19)20(26)24-18(13-5-2-1-3-6-13)14-8-9-16-17(11-14)23-12-22-16/h1-12,18H,(H,21,25)(H,22,23)(H,24,26)/t18-/m0/s1. The van der Waals surface area contributed by atoms with Crippen molar-refractivity contribution in [1.82, 2.24) is 20.3 Å². The average Bonchev–Trinajstić information content (AvgIpc) is 3.15. The van der Waals surface area contributed by atoms with Crippen LogP contribution in [0.15, 0.2) is 78.0 Å². The van der Waals surface area contributed by atoms with Crippen LogP contribution >= 0.6 is 0 Å². The Hall–Kier alpha value is -3.67. The third kappa shape index (κ3) is 3.00. The van der Waals surface area contributed by atoms with E-state index in [2.05, 4.69) is 20.3 Å². The minimum absolute atomic E-state index is 0.0797. The molecule has 128 valence electrons. The smallest absolute Gasteiger partial charge is 0.260 e. The fourth-order valence-corrected chi connectivity index (χ4v) is 2.95. The summed E-state index contributed by atoms with van der Waals surface area (Å²) in [6.07, 6.45) is 3.13. The van der Waals surface area contributed by atoms with Gasteiger partial charge in [-0.2, -0.15) is 0 Å². The highest BCUT2D eigenvalue weighted by Crippen LogP contribution is 2.24. The molecule has 6 nitrogen and oxygen atoms in total. The second-order valence-electron chi connectivity index (χ2n) is 5.91. The van der Waals surface area contributed by atoms with Gasteiger partial charge in [-0.15, -0.1) is 0 Å². The Kier molecular flexibility index (Phi) is 4.07. The summed E-state index contributed by atoms with van der Waals surface area (Å²) >= 11 is 0. The van der Waals surface area contributed by atoms with Gasteiger partial charge in [-0.3, -0.25) is 9.59 Å². The molecule has 2 aromatic carbocycles. The Balaban J connectivity index is 1.75. The normalized spacial score (nSPS) is 12.0. The van der Waals surface area contributed by atoms with Gasteiger partial charge >= 0.3 is 0 Å². The van der Waals surface area contributed by atoms with Crippen LogP contribution in [0.2, 0.25) is 0 Å². The van der Waals surface area contributed by atoms with Crippen molar-refractivity contribution in [1.29, 1.82) is 0 Å². The Labute approximate surface area is 148 Å². The van der Waals surface area contributed by atoms with Gasteiger partial charge in [-0.1, -0.05) is 36.4 Å². The van der Waals surface area contributed by atoms with Crippen molar-refractivity contribution in [3.05, 3.63) is 100 Å². The fourth-order valence-electron chi connectivity index (χ4n) is 2.95. The molecule has 0 aliphatic heterocycles. The maximum atomic E-state index is 12.7. The summed E-state index contributed by atoms with van der Waals surface area (Å²) in [5, 5.41) is 2.97. The molecule has 0 radical (unpaired) electrons. The maximum absolute atomic E-state index is 12.7. The average molecular weight is 344 g/mol. The van der Waals surface area contributed by atoms with Crippen molar-refractivity contribution in [2.24, 2.45) is 0 Å². The second kappa shape index (κ2) is 6.68. The van der Waals surface area contributed by atoms with E-state index in [0.29, 0.717) is 0 Å². The maximum Gasteiger partial charge on any atom is 0.260 e. The van der Waals surface area contributed by atoms with Crippen LogP contribution in [-0.2, 0) is 0 Å². The highest BCUT2D eigenvalue weighted by Gasteiger charge is 2.19. The molecule has 0 aliphatic carbocycles. The quantitative estimate of drug-likeness (QED) is 0.532. The second-order valence-corrected chi connectivity index (χ2v) is 5.91. The lowest BCUT2D eigenvalue weighted by Gasteiger charge is -2.20. The number of hydrogen-bond donors (Lipinski definition) is 3. The van der Waals surface area contributed by atoms with Crippen LogP contribution in [0.1, 0.15) is 27.5 Å². The number of carbonyl (C=O) groups is 1. The third-order valence-corrected chi connectivity index (χ3v) is 4.25. The van der Waals surface area contributed by atoms with Crippen molar-refractivity contribution in [2.45, 2.75) is 6.04 Å². The first kappa shape index (κ1) is 15.8. The van der Waals surface area contributed by atoms with Crippen LogP contribution in [0.4, 0.5) is 0 Å². The van der Waals surface area contributed by atoms with E-state index in [1.807, 2.05) is 48.5 Å². The van der Waals surface area contributed by atoms with Gasteiger partial charge < -0.3 is 15.3 Å². The molecule has 0 bridgehead atoms. The van der Waals surface area contributed by atoms with Gasteiger partial charge in [-0.05, 0) is 35.4 Å². The summed E-state index contributed by atoms with van der Waals surface area (Å²) in [6.45, 7) is 0. The number of pyridine rings is 1. The van der Waals surface area contributed by atoms with Gasteiger partial charge in [0.15, 0.2) is 0 Å². The monoisotopic (exact) mass is 344 g/mol. The Morgan fingerprint density at radius 3 is 2.62 bits per heavy atom. The van der Waals surface area contributed by atoms with Gasteiger partial charge in [0.25, 0.3) is 11.5 Å². The Bertz CT molecular complexity index is 1120. The number of nitrogens with zero attached hydrogens (tertiary/aromatic N) is 1. The molecular weight excluding hydrogens is 328 g/mol. The van der Waals surface area contributed by atoms with Crippen molar-refractivity contribution in [3.8, 4) is 0 Å². The molecule has 4 aromatic rings. The minimum atomic E-state index is -0.426. The number of imidazole rings is 1. The lowest BCUT2D eigenvalue weighted by atomic mass is 9.98. The lowest BCUT2D eigenvalue weighted by Crippen LogP contribution is -2.33. The molecular formula is C20H16N4O2. The zero-order valence-corrected chi connectivity index (χ0v) is 13.8. The van der Waals surface area contributed by atoms with Crippen LogP contribution in [0.3, 0.4) is 0 Å². The number of aromatic nitrogens is 3. The van der Waals surface area contributed by atoms with E-state index in [1.54, 1.807) is 12.4 Å². The van der Waals surface area contributed by atoms with Crippen LogP contribution < -0.4 is 10.9 Å². The van der Waals surface area contributed by atoms with Gasteiger partial charge in [-0.25, -0.2) is 4.98 Å². The predicted octanol–water partition coefficient (Wildman–Crippen LogP) is 2.77. The number of rotatable bonds is 4. The van der Waals surface area contributed by atoms with Gasteiger partial charge in [0.05, 0.1) is 23.4 Å². The van der Waals surface area contributed by atoms with Crippen molar-refractivity contribution in [2.75, 3.05) is 0 Å². The van der Waals surface area contributed by atoms with E-state index in [1.165, 1.54) is 12.3 Å². The topological polar surface area (TPSA) is 90.6 Å². The van der Waals surface area contributed by atoms with Crippen molar-refractivity contribution >= 4 is 16.9 Å². The number of fused-ring (bicyclic) bond motifs is 1. The summed E-state index contributed by atoms with van der Waals surface area (Å²) in [5.74, 6) is -0.426. The molecule has 0 fully saturated rings. The molecule has 1 amide bonds. The minimum Gasteiger partial charge on any atom is -0.345 e. The first-order valence-electron chi connectivity index (χ1n) is 8.19. The molecule has 0 unspecified atom stereocenters. The SMILES string of the molecule is O=C(N[C@@H](c1ccccc1)c1ccc2nc[nH]c2c1)c1ccc[nH]c1=O. The summed E-state index contributed by atoms with van der Waals surface area (Å²) in [4.78, 5) is 34.4. The molecule has 0 saturated heterocycles. The largest absolute Gasteiger partial charge is 0.345 e. The molecule has 6 heteroatoms. The van der Waals surface area contributed by atoms with Crippen LogP contribution in [0, 0.1) is 0 Å². The Morgan fingerprint density at radius 1 is 0.962 bits per heavy atom. The zero-order valence-electron chi connectivity index (χ0n) is 13.8. The van der Waals surface area contributed by atoms with Gasteiger partial charge in [0.2, 0.25) is 0 Å². The molecule has 2 heterocycles. The predicted molar refractivity (Wildman–Crippen MR) is 98.9 cm³/mol. The number of carbonyl (C=O) groups excluding carboxylic acids is 1. The number of aromatic amines is 2. The fraction of sp³-hybridized carbons (Fsp3) is 0.0500. The number of benzene rings is 2. The van der Waals surface area contributed by atoms with Crippen molar-refractivity contribution < 1.29 is 4.79 Å². The number of hydrogen-bond acceptors (Lipinski definition) is 3. The number of H-pyrrole nitrogens is 2. The molecule has 0 saturated carbocycles. The van der Waals surface area contributed by atoms with E-state index in [0.717, 1.165) is 22.2 Å². The molecule has 1 atom stereocenters. The van der Waals surface area contributed by atoms with Gasteiger partial charge in [0.1, 0.15) is 5.56 Å². The van der Waals surface area contributed by atoms with E-state index in [9.17, 15) is 9.59 Å². The summed E-state index contributed by atoms with van der Waals surface area (Å²) in [5.41, 5.74) is 3.22. The van der Waals surface area contributed by atoms with Crippen LogP contribution in [0.5, 0.6) is 0 Å². The first-order valence-corrected chi connectivity index (χ1v) is 8.19. The third-order valence-electron chi connectivity index (χ3n) is 4.25. The van der Waals surface area contributed by atoms with Crippen molar-refractivity contribution in [3.63, 3.8) is 0 Å². The summed E-state index contributed by atoms with van der Waals surface area (Å²) < 4.78 is 0. The highest BCUT2D eigenvalue weighted by atomic mass is 16.2. The molecule has 0 spiro atoms. The van der Waals surface area contributed by atoms with E-state index in [4.69, 9.17) is 0 Å². The van der Waals surface area contributed by atoms with E-state index in [-0.39, 0.29) is 5.56 Å². The Morgan fingerprint density at radius 2 is 1.81 bits per heavy atom. The van der Waals surface area contributed by atoms with E-state index >= 15 is 0 Å². The zero-order chi connectivity index (χ0) is 17.9.